The van der Waals surface area contributed by atoms with Crippen molar-refractivity contribution in [1.82, 2.24) is 0 Å². The SMILES string of the molecule is NC(CO)COc1ccc(F)cc1. The standard InChI is InChI=1S/C9H12FNO2/c10-7-1-3-9(4-2-7)13-6-8(11)5-12/h1-4,8,12H,5-6,11H2. The summed E-state index contributed by atoms with van der Waals surface area (Å²) in [6.07, 6.45) is 0. The fraction of sp³-hybridized carbons (Fsp3) is 0.333. The van der Waals surface area contributed by atoms with Crippen LogP contribution in [0.4, 0.5) is 4.39 Å². The molecule has 0 spiro atoms. The minimum atomic E-state index is -0.398. The topological polar surface area (TPSA) is 55.5 Å². The molecule has 0 heterocycles. The van der Waals surface area contributed by atoms with Crippen LogP contribution >= 0.6 is 0 Å². The molecule has 0 aliphatic rings. The molecule has 0 saturated heterocycles. The first kappa shape index (κ1) is 9.95. The van der Waals surface area contributed by atoms with Gasteiger partial charge in [-0.05, 0) is 24.3 Å². The first-order valence-electron chi connectivity index (χ1n) is 3.97. The van der Waals surface area contributed by atoms with Gasteiger partial charge in [-0.2, -0.15) is 0 Å². The molecule has 0 fully saturated rings. The number of aliphatic hydroxyl groups excluding tert-OH is 1. The molecular weight excluding hydrogens is 173 g/mol. The van der Waals surface area contributed by atoms with Crippen LogP contribution in [0.2, 0.25) is 0 Å². The molecule has 0 aliphatic heterocycles. The molecule has 1 atom stereocenters. The number of hydrogen-bond acceptors (Lipinski definition) is 3. The van der Waals surface area contributed by atoms with Gasteiger partial charge in [0.05, 0.1) is 12.6 Å². The third-order valence-corrected chi connectivity index (χ3v) is 1.51. The maximum absolute atomic E-state index is 12.4. The van der Waals surface area contributed by atoms with E-state index in [1.165, 1.54) is 24.3 Å². The summed E-state index contributed by atoms with van der Waals surface area (Å²) in [5.41, 5.74) is 5.40. The monoisotopic (exact) mass is 185 g/mol. The van der Waals surface area contributed by atoms with Crippen LogP contribution in [-0.2, 0) is 0 Å². The molecule has 1 aromatic rings. The van der Waals surface area contributed by atoms with Gasteiger partial charge in [0, 0.05) is 0 Å². The Hall–Kier alpha value is -1.13. The third-order valence-electron chi connectivity index (χ3n) is 1.51. The summed E-state index contributed by atoms with van der Waals surface area (Å²) < 4.78 is 17.6. The molecule has 13 heavy (non-hydrogen) atoms. The average Bonchev–Trinajstić information content (AvgIpc) is 2.16. The van der Waals surface area contributed by atoms with E-state index < -0.39 is 6.04 Å². The van der Waals surface area contributed by atoms with E-state index in [0.717, 1.165) is 0 Å². The van der Waals surface area contributed by atoms with Gasteiger partial charge in [-0.1, -0.05) is 0 Å². The Morgan fingerprint density at radius 1 is 1.38 bits per heavy atom. The number of benzene rings is 1. The van der Waals surface area contributed by atoms with Gasteiger partial charge in [-0.3, -0.25) is 0 Å². The molecule has 0 radical (unpaired) electrons. The fourth-order valence-electron chi connectivity index (χ4n) is 0.787. The van der Waals surface area contributed by atoms with Crippen molar-refractivity contribution in [3.8, 4) is 5.75 Å². The first-order chi connectivity index (χ1) is 6.22. The van der Waals surface area contributed by atoms with Crippen LogP contribution in [0.25, 0.3) is 0 Å². The predicted molar refractivity (Wildman–Crippen MR) is 47.0 cm³/mol. The Balaban J connectivity index is 2.41. The zero-order chi connectivity index (χ0) is 9.68. The van der Waals surface area contributed by atoms with Gasteiger partial charge in [-0.15, -0.1) is 0 Å². The average molecular weight is 185 g/mol. The molecule has 1 unspecified atom stereocenters. The maximum Gasteiger partial charge on any atom is 0.123 e. The highest BCUT2D eigenvalue weighted by Gasteiger charge is 2.01. The van der Waals surface area contributed by atoms with E-state index in [4.69, 9.17) is 15.6 Å². The highest BCUT2D eigenvalue weighted by atomic mass is 19.1. The molecular formula is C9H12FNO2. The summed E-state index contributed by atoms with van der Waals surface area (Å²) in [6.45, 7) is 0.101. The number of rotatable bonds is 4. The minimum Gasteiger partial charge on any atom is -0.492 e. The lowest BCUT2D eigenvalue weighted by Crippen LogP contribution is -2.31. The van der Waals surface area contributed by atoms with Crippen LogP contribution in [0.15, 0.2) is 24.3 Å². The summed E-state index contributed by atoms with van der Waals surface area (Å²) >= 11 is 0. The molecule has 4 heteroatoms. The van der Waals surface area contributed by atoms with Crippen LogP contribution in [0.1, 0.15) is 0 Å². The van der Waals surface area contributed by atoms with Crippen molar-refractivity contribution in [2.45, 2.75) is 6.04 Å². The van der Waals surface area contributed by atoms with Crippen LogP contribution in [0.3, 0.4) is 0 Å². The molecule has 0 amide bonds. The lowest BCUT2D eigenvalue weighted by molar-refractivity contribution is 0.206. The van der Waals surface area contributed by atoms with Crippen molar-refractivity contribution in [3.05, 3.63) is 30.1 Å². The Bertz CT molecular complexity index is 250. The number of halogens is 1. The molecule has 0 aliphatic carbocycles. The number of aliphatic hydroxyl groups is 1. The van der Waals surface area contributed by atoms with Gasteiger partial charge < -0.3 is 15.6 Å². The van der Waals surface area contributed by atoms with Gasteiger partial charge in [0.2, 0.25) is 0 Å². The van der Waals surface area contributed by atoms with Crippen LogP contribution in [0, 0.1) is 5.82 Å². The predicted octanol–water partition coefficient (Wildman–Crippen LogP) is 0.524. The smallest absolute Gasteiger partial charge is 0.123 e. The van der Waals surface area contributed by atoms with Crippen molar-refractivity contribution in [3.63, 3.8) is 0 Å². The van der Waals surface area contributed by atoms with E-state index in [9.17, 15) is 4.39 Å². The van der Waals surface area contributed by atoms with Crippen molar-refractivity contribution < 1.29 is 14.2 Å². The van der Waals surface area contributed by atoms with Gasteiger partial charge in [0.1, 0.15) is 18.2 Å². The Kier molecular flexibility index (Phi) is 3.67. The molecule has 0 bridgehead atoms. The van der Waals surface area contributed by atoms with Crippen LogP contribution in [-0.4, -0.2) is 24.4 Å². The second kappa shape index (κ2) is 4.79. The molecule has 72 valence electrons. The number of ether oxygens (including phenoxy) is 1. The number of nitrogens with two attached hydrogens (primary N) is 1. The van der Waals surface area contributed by atoms with Crippen molar-refractivity contribution in [2.75, 3.05) is 13.2 Å². The summed E-state index contributed by atoms with van der Waals surface area (Å²) in [5.74, 6) is 0.240. The molecule has 1 rings (SSSR count). The normalized spacial score (nSPS) is 12.5. The Labute approximate surface area is 75.9 Å². The van der Waals surface area contributed by atoms with Crippen molar-refractivity contribution in [1.29, 1.82) is 0 Å². The van der Waals surface area contributed by atoms with Gasteiger partial charge in [0.25, 0.3) is 0 Å². The Morgan fingerprint density at radius 3 is 2.54 bits per heavy atom. The first-order valence-corrected chi connectivity index (χ1v) is 3.97. The van der Waals surface area contributed by atoms with E-state index in [1.54, 1.807) is 0 Å². The second-order valence-corrected chi connectivity index (χ2v) is 2.71. The molecule has 0 aromatic heterocycles. The summed E-state index contributed by atoms with van der Waals surface area (Å²) in [7, 11) is 0. The van der Waals surface area contributed by atoms with Gasteiger partial charge in [0.15, 0.2) is 0 Å². The Morgan fingerprint density at radius 2 is 2.00 bits per heavy atom. The summed E-state index contributed by atoms with van der Waals surface area (Å²) in [6, 6.07) is 5.24. The fourth-order valence-corrected chi connectivity index (χ4v) is 0.787. The second-order valence-electron chi connectivity index (χ2n) is 2.71. The lowest BCUT2D eigenvalue weighted by atomic mass is 10.3. The van der Waals surface area contributed by atoms with Crippen LogP contribution in [0.5, 0.6) is 5.75 Å². The van der Waals surface area contributed by atoms with E-state index in [0.29, 0.717) is 5.75 Å². The number of hydrogen-bond donors (Lipinski definition) is 2. The molecule has 3 N–H and O–H groups in total. The quantitative estimate of drug-likeness (QED) is 0.719. The summed E-state index contributed by atoms with van der Waals surface area (Å²) in [4.78, 5) is 0. The maximum atomic E-state index is 12.4. The zero-order valence-corrected chi connectivity index (χ0v) is 7.11. The van der Waals surface area contributed by atoms with E-state index in [-0.39, 0.29) is 19.0 Å². The van der Waals surface area contributed by atoms with E-state index in [1.807, 2.05) is 0 Å². The third kappa shape index (κ3) is 3.40. The zero-order valence-electron chi connectivity index (χ0n) is 7.11. The van der Waals surface area contributed by atoms with Gasteiger partial charge >= 0.3 is 0 Å². The van der Waals surface area contributed by atoms with Gasteiger partial charge in [-0.25, -0.2) is 4.39 Å². The lowest BCUT2D eigenvalue weighted by Gasteiger charge is -2.09. The molecule has 3 nitrogen and oxygen atoms in total. The van der Waals surface area contributed by atoms with E-state index in [2.05, 4.69) is 0 Å². The minimum absolute atomic E-state index is 0.124. The molecule has 1 aromatic carbocycles. The molecule has 0 saturated carbocycles. The van der Waals surface area contributed by atoms with Crippen molar-refractivity contribution >= 4 is 0 Å². The largest absolute Gasteiger partial charge is 0.492 e. The summed E-state index contributed by atoms with van der Waals surface area (Å²) in [5, 5.41) is 8.59. The highest BCUT2D eigenvalue weighted by molar-refractivity contribution is 5.22. The van der Waals surface area contributed by atoms with Crippen molar-refractivity contribution in [2.24, 2.45) is 5.73 Å². The van der Waals surface area contributed by atoms with E-state index >= 15 is 0 Å². The highest BCUT2D eigenvalue weighted by Crippen LogP contribution is 2.10. The van der Waals surface area contributed by atoms with Crippen LogP contribution < -0.4 is 10.5 Å².